The maximum Gasteiger partial charge on any atom is 0.309 e. The summed E-state index contributed by atoms with van der Waals surface area (Å²) in [7, 11) is 0. The van der Waals surface area contributed by atoms with Crippen molar-refractivity contribution < 1.29 is 14.3 Å². The van der Waals surface area contributed by atoms with Gasteiger partial charge in [-0.2, -0.15) is 0 Å². The van der Waals surface area contributed by atoms with E-state index in [0.29, 0.717) is 5.56 Å². The van der Waals surface area contributed by atoms with E-state index >= 15 is 0 Å². The maximum absolute atomic E-state index is 12.3. The molecule has 0 saturated heterocycles. The lowest BCUT2D eigenvalue weighted by Crippen LogP contribution is -2.29. The Morgan fingerprint density at radius 1 is 1.10 bits per heavy atom. The number of rotatable bonds is 4. The van der Waals surface area contributed by atoms with E-state index in [2.05, 4.69) is 0 Å². The number of Topliss-reactive ketones (excluding diaryl/α,β-unsaturated/α-hetero) is 1. The second kappa shape index (κ2) is 6.88. The van der Waals surface area contributed by atoms with E-state index in [-0.39, 0.29) is 17.7 Å². The van der Waals surface area contributed by atoms with Gasteiger partial charge in [0.05, 0.1) is 5.92 Å². The molecule has 0 unspecified atom stereocenters. The molecule has 0 radical (unpaired) electrons. The van der Waals surface area contributed by atoms with Crippen LogP contribution in [-0.4, -0.2) is 17.9 Å². The Balaban J connectivity index is 1.98. The molecular formula is C18H24O3. The molecular weight excluding hydrogens is 264 g/mol. The predicted octanol–water partition coefficient (Wildman–Crippen LogP) is 4.00. The fourth-order valence-corrected chi connectivity index (χ4v) is 2.79. The van der Waals surface area contributed by atoms with Crippen LogP contribution in [-0.2, 0) is 9.53 Å². The number of hydrogen-bond acceptors (Lipinski definition) is 3. The van der Waals surface area contributed by atoms with E-state index in [4.69, 9.17) is 4.74 Å². The monoisotopic (exact) mass is 288 g/mol. The fourth-order valence-electron chi connectivity index (χ4n) is 2.79. The standard InChI is InChI=1S/C18H24O3/c1-12-9-10-16(11-13(12)2)17(19)14(3)21-18(20)15-7-5-4-6-8-15/h9-11,14-15H,4-8H2,1-3H3/t14-/m0/s1. The lowest BCUT2D eigenvalue weighted by atomic mass is 9.89. The van der Waals surface area contributed by atoms with E-state index in [1.54, 1.807) is 13.0 Å². The normalized spacial score (nSPS) is 17.3. The molecule has 3 nitrogen and oxygen atoms in total. The molecule has 1 aliphatic rings. The zero-order chi connectivity index (χ0) is 15.4. The molecule has 0 heterocycles. The Kier molecular flexibility index (Phi) is 5.16. The first kappa shape index (κ1) is 15.7. The van der Waals surface area contributed by atoms with Crippen molar-refractivity contribution in [2.45, 2.75) is 59.0 Å². The molecule has 0 spiro atoms. The van der Waals surface area contributed by atoms with Gasteiger partial charge in [-0.05, 0) is 50.8 Å². The van der Waals surface area contributed by atoms with E-state index in [1.165, 1.54) is 6.42 Å². The molecule has 1 aliphatic carbocycles. The second-order valence-corrected chi connectivity index (χ2v) is 6.08. The zero-order valence-corrected chi connectivity index (χ0v) is 13.1. The summed E-state index contributed by atoms with van der Waals surface area (Å²) in [6.07, 6.45) is 4.44. The smallest absolute Gasteiger partial charge is 0.309 e. The number of hydrogen-bond donors (Lipinski definition) is 0. The molecule has 3 heteroatoms. The van der Waals surface area contributed by atoms with Crippen molar-refractivity contribution in [2.24, 2.45) is 5.92 Å². The van der Waals surface area contributed by atoms with Crippen LogP contribution < -0.4 is 0 Å². The van der Waals surface area contributed by atoms with Crippen LogP contribution in [0.1, 0.15) is 60.5 Å². The lowest BCUT2D eigenvalue weighted by Gasteiger charge is -2.22. The number of ether oxygens (including phenoxy) is 1. The molecule has 1 atom stereocenters. The number of esters is 1. The van der Waals surface area contributed by atoms with Gasteiger partial charge in [0.2, 0.25) is 5.78 Å². The quantitative estimate of drug-likeness (QED) is 0.621. The van der Waals surface area contributed by atoms with E-state index in [0.717, 1.165) is 36.8 Å². The average Bonchev–Trinajstić information content (AvgIpc) is 2.50. The fraction of sp³-hybridized carbons (Fsp3) is 0.556. The number of carbonyl (C=O) groups is 2. The van der Waals surface area contributed by atoms with Gasteiger partial charge in [0.1, 0.15) is 0 Å². The minimum atomic E-state index is -0.707. The van der Waals surface area contributed by atoms with Crippen molar-refractivity contribution in [3.63, 3.8) is 0 Å². The van der Waals surface area contributed by atoms with Crippen LogP contribution in [0.2, 0.25) is 0 Å². The van der Waals surface area contributed by atoms with Gasteiger partial charge >= 0.3 is 5.97 Å². The van der Waals surface area contributed by atoms with Gasteiger partial charge in [0.15, 0.2) is 6.10 Å². The summed E-state index contributed by atoms with van der Waals surface area (Å²) in [4.78, 5) is 24.4. The largest absolute Gasteiger partial charge is 0.454 e. The topological polar surface area (TPSA) is 43.4 Å². The Labute approximate surface area is 126 Å². The minimum Gasteiger partial charge on any atom is -0.454 e. The molecule has 1 fully saturated rings. The van der Waals surface area contributed by atoms with Crippen LogP contribution in [0.5, 0.6) is 0 Å². The molecule has 21 heavy (non-hydrogen) atoms. The van der Waals surface area contributed by atoms with Gasteiger partial charge in [-0.3, -0.25) is 9.59 Å². The van der Waals surface area contributed by atoms with Crippen molar-refractivity contribution in [2.75, 3.05) is 0 Å². The van der Waals surface area contributed by atoms with Crippen molar-refractivity contribution in [1.29, 1.82) is 0 Å². The van der Waals surface area contributed by atoms with Crippen LogP contribution in [0, 0.1) is 19.8 Å². The Bertz CT molecular complexity index is 527. The van der Waals surface area contributed by atoms with Crippen LogP contribution in [0.4, 0.5) is 0 Å². The Morgan fingerprint density at radius 3 is 2.38 bits per heavy atom. The summed E-state index contributed by atoms with van der Waals surface area (Å²) >= 11 is 0. The Hall–Kier alpha value is -1.64. The highest BCUT2D eigenvalue weighted by molar-refractivity contribution is 6.00. The van der Waals surface area contributed by atoms with Crippen molar-refractivity contribution in [1.82, 2.24) is 0 Å². The minimum absolute atomic E-state index is 0.0197. The summed E-state index contributed by atoms with van der Waals surface area (Å²) in [6, 6.07) is 5.59. The third-order valence-corrected chi connectivity index (χ3v) is 4.39. The van der Waals surface area contributed by atoms with E-state index in [1.807, 2.05) is 26.0 Å². The summed E-state index contributed by atoms with van der Waals surface area (Å²) in [6.45, 7) is 5.65. The molecule has 0 amide bonds. The lowest BCUT2D eigenvalue weighted by molar-refractivity contribution is -0.152. The molecule has 0 N–H and O–H groups in total. The van der Waals surface area contributed by atoms with Gasteiger partial charge in [-0.1, -0.05) is 31.4 Å². The predicted molar refractivity (Wildman–Crippen MR) is 82.4 cm³/mol. The molecule has 0 aliphatic heterocycles. The third kappa shape index (κ3) is 3.93. The van der Waals surface area contributed by atoms with E-state index < -0.39 is 6.10 Å². The molecule has 2 rings (SSSR count). The molecule has 114 valence electrons. The molecule has 0 aromatic heterocycles. The molecule has 1 aromatic carbocycles. The molecule has 1 aromatic rings. The number of benzene rings is 1. The maximum atomic E-state index is 12.3. The average molecular weight is 288 g/mol. The summed E-state index contributed by atoms with van der Waals surface area (Å²) in [5.74, 6) is -0.351. The zero-order valence-electron chi connectivity index (χ0n) is 13.1. The van der Waals surface area contributed by atoms with Crippen molar-refractivity contribution in [3.05, 3.63) is 34.9 Å². The summed E-state index contributed by atoms with van der Waals surface area (Å²) in [5.41, 5.74) is 2.84. The van der Waals surface area contributed by atoms with Crippen LogP contribution in [0.25, 0.3) is 0 Å². The van der Waals surface area contributed by atoms with Crippen LogP contribution in [0.3, 0.4) is 0 Å². The van der Waals surface area contributed by atoms with Crippen LogP contribution in [0.15, 0.2) is 18.2 Å². The van der Waals surface area contributed by atoms with Crippen molar-refractivity contribution in [3.8, 4) is 0 Å². The number of ketones is 1. The van der Waals surface area contributed by atoms with Gasteiger partial charge < -0.3 is 4.74 Å². The first-order chi connectivity index (χ1) is 9.99. The second-order valence-electron chi connectivity index (χ2n) is 6.08. The van der Waals surface area contributed by atoms with Crippen LogP contribution >= 0.6 is 0 Å². The Morgan fingerprint density at radius 2 is 1.76 bits per heavy atom. The summed E-state index contributed by atoms with van der Waals surface area (Å²) < 4.78 is 5.39. The summed E-state index contributed by atoms with van der Waals surface area (Å²) in [5, 5.41) is 0. The number of carbonyl (C=O) groups excluding carboxylic acids is 2. The van der Waals surface area contributed by atoms with Gasteiger partial charge in [-0.15, -0.1) is 0 Å². The van der Waals surface area contributed by atoms with Crippen molar-refractivity contribution >= 4 is 11.8 Å². The van der Waals surface area contributed by atoms with Gasteiger partial charge in [-0.25, -0.2) is 0 Å². The molecule has 1 saturated carbocycles. The number of aryl methyl sites for hydroxylation is 2. The highest BCUT2D eigenvalue weighted by Gasteiger charge is 2.26. The van der Waals surface area contributed by atoms with E-state index in [9.17, 15) is 9.59 Å². The first-order valence-electron chi connectivity index (χ1n) is 7.81. The third-order valence-electron chi connectivity index (χ3n) is 4.39. The highest BCUT2D eigenvalue weighted by atomic mass is 16.5. The first-order valence-corrected chi connectivity index (χ1v) is 7.81. The molecule has 0 bridgehead atoms. The van der Waals surface area contributed by atoms with Gasteiger partial charge in [0, 0.05) is 5.56 Å². The SMILES string of the molecule is Cc1ccc(C(=O)[C@H](C)OC(=O)C2CCCCC2)cc1C. The van der Waals surface area contributed by atoms with Gasteiger partial charge in [0.25, 0.3) is 0 Å². The highest BCUT2D eigenvalue weighted by Crippen LogP contribution is 2.25.